The number of fused-ring (bicyclic) bond motifs is 2. The number of carbonyl (C=O) groups is 1. The van der Waals surface area contributed by atoms with Crippen molar-refractivity contribution in [1.82, 2.24) is 14.9 Å². The Bertz CT molecular complexity index is 977. The average molecular weight is 577 g/mol. The third kappa shape index (κ3) is 5.15. The summed E-state index contributed by atoms with van der Waals surface area (Å²) in [4.78, 5) is 17.2. The minimum absolute atomic E-state index is 0.0188. The third-order valence-electron chi connectivity index (χ3n) is 4.79. The third-order valence-corrected chi connectivity index (χ3v) is 5.94. The van der Waals surface area contributed by atoms with Crippen LogP contribution in [0.4, 0.5) is 0 Å². The van der Waals surface area contributed by atoms with Crippen LogP contribution in [-0.4, -0.2) is 45.3 Å². The number of benzene rings is 1. The molecule has 1 aromatic carbocycles. The van der Waals surface area contributed by atoms with Crippen LogP contribution in [0.2, 0.25) is 0 Å². The number of ether oxygens (including phenoxy) is 3. The molecule has 8 heteroatoms. The second-order valence-corrected chi connectivity index (χ2v) is 8.54. The molecule has 1 N–H and O–H groups in total. The van der Waals surface area contributed by atoms with E-state index in [1.54, 1.807) is 24.4 Å². The van der Waals surface area contributed by atoms with Gasteiger partial charge in [0.2, 0.25) is 0 Å². The Morgan fingerprint density at radius 2 is 2.20 bits per heavy atom. The Kier molecular flexibility index (Phi) is 6.92. The van der Waals surface area contributed by atoms with E-state index in [0.29, 0.717) is 36.9 Å². The molecule has 2 aromatic rings. The second kappa shape index (κ2) is 10.0. The minimum atomic E-state index is -0.239. The van der Waals surface area contributed by atoms with Crippen molar-refractivity contribution in [2.45, 2.75) is 25.5 Å². The summed E-state index contributed by atoms with van der Waals surface area (Å²) in [6.07, 6.45) is 12.8. The van der Waals surface area contributed by atoms with Crippen LogP contribution in [0.25, 0.3) is 0 Å². The SMILES string of the molecule is O=C1NC=CC=C[C](=[W])c2nccn2CCCOc2ccc(OC3CCOC3)cc21. The quantitative estimate of drug-likeness (QED) is 0.594. The molecule has 3 heterocycles. The summed E-state index contributed by atoms with van der Waals surface area (Å²) in [7, 11) is 0. The van der Waals surface area contributed by atoms with Crippen LogP contribution in [-0.2, 0) is 30.6 Å². The Morgan fingerprint density at radius 1 is 1.27 bits per heavy atom. The van der Waals surface area contributed by atoms with Crippen molar-refractivity contribution in [2.75, 3.05) is 19.8 Å². The zero-order valence-corrected chi connectivity index (χ0v) is 19.4. The maximum atomic E-state index is 12.8. The number of imidazole rings is 1. The molecule has 1 unspecified atom stereocenters. The molecule has 7 nitrogen and oxygen atoms in total. The molecule has 0 bridgehead atoms. The number of aromatic nitrogens is 2. The molecule has 1 aromatic heterocycles. The van der Waals surface area contributed by atoms with Crippen LogP contribution in [0.1, 0.15) is 29.0 Å². The van der Waals surface area contributed by atoms with E-state index in [9.17, 15) is 4.79 Å². The first-order valence-electron chi connectivity index (χ1n) is 9.91. The van der Waals surface area contributed by atoms with E-state index < -0.39 is 0 Å². The van der Waals surface area contributed by atoms with Gasteiger partial charge >= 0.3 is 162 Å². The Hall–Kier alpha value is -2.50. The molecule has 30 heavy (non-hydrogen) atoms. The molecular weight excluding hydrogens is 554 g/mol. The molecule has 1 saturated heterocycles. The summed E-state index contributed by atoms with van der Waals surface area (Å²) in [5.41, 5.74) is 0.449. The van der Waals surface area contributed by atoms with Crippen LogP contribution in [0, 0.1) is 0 Å². The van der Waals surface area contributed by atoms with Crippen molar-refractivity contribution in [3.63, 3.8) is 0 Å². The number of nitrogens with one attached hydrogen (secondary N) is 1. The molecule has 0 radical (unpaired) electrons. The molecule has 1 amide bonds. The summed E-state index contributed by atoms with van der Waals surface area (Å²) in [6.45, 7) is 2.56. The van der Waals surface area contributed by atoms with Gasteiger partial charge in [-0.25, -0.2) is 0 Å². The van der Waals surface area contributed by atoms with E-state index >= 15 is 0 Å². The topological polar surface area (TPSA) is 74.6 Å². The molecule has 156 valence electrons. The Labute approximate surface area is 186 Å². The van der Waals surface area contributed by atoms with Crippen LogP contribution < -0.4 is 14.8 Å². The van der Waals surface area contributed by atoms with E-state index in [4.69, 9.17) is 14.2 Å². The van der Waals surface area contributed by atoms with Gasteiger partial charge in [-0.1, -0.05) is 0 Å². The fourth-order valence-electron chi connectivity index (χ4n) is 3.29. The Morgan fingerprint density at radius 3 is 3.07 bits per heavy atom. The molecule has 2 aliphatic heterocycles. The monoisotopic (exact) mass is 577 g/mol. The summed E-state index contributed by atoms with van der Waals surface area (Å²) < 4.78 is 20.5. The molecule has 0 saturated carbocycles. The zero-order chi connectivity index (χ0) is 20.8. The van der Waals surface area contributed by atoms with Gasteiger partial charge in [0.05, 0.1) is 13.2 Å². The van der Waals surface area contributed by atoms with Gasteiger partial charge < -0.3 is 4.74 Å². The first-order valence-corrected chi connectivity index (χ1v) is 11.4. The number of rotatable bonds is 2. The van der Waals surface area contributed by atoms with Crippen LogP contribution in [0.3, 0.4) is 0 Å². The average Bonchev–Trinajstić information content (AvgIpc) is 3.42. The summed E-state index contributed by atoms with van der Waals surface area (Å²) in [6, 6.07) is 5.37. The summed E-state index contributed by atoms with van der Waals surface area (Å²) in [5, 5.41) is 2.80. The zero-order valence-electron chi connectivity index (χ0n) is 16.5. The van der Waals surface area contributed by atoms with Crippen molar-refractivity contribution in [1.29, 1.82) is 0 Å². The fourth-order valence-corrected chi connectivity index (χ4v) is 4.18. The number of nitrogens with zero attached hydrogens (tertiary/aromatic N) is 2. The standard InChI is InChI=1S/C22H23N3O4.W/c26-22-19-15-17(29-18-8-14-27-16-18)6-7-20(19)28-13-4-11-25-12-10-23-21(25)5-2-1-3-9-24-22;/h1-3,6-7,9-10,12,15,18H,4,8,11,13-14,16H2,(H,24,26);. The predicted octanol–water partition coefficient (Wildman–Crippen LogP) is 2.40. The van der Waals surface area contributed by atoms with E-state index in [2.05, 4.69) is 14.9 Å². The van der Waals surface area contributed by atoms with E-state index in [1.165, 1.54) is 19.4 Å². The van der Waals surface area contributed by atoms with Crippen LogP contribution in [0.5, 0.6) is 11.5 Å². The molecule has 4 rings (SSSR count). The van der Waals surface area contributed by atoms with Crippen molar-refractivity contribution in [3.8, 4) is 11.5 Å². The van der Waals surface area contributed by atoms with E-state index in [-0.39, 0.29) is 12.0 Å². The van der Waals surface area contributed by atoms with Gasteiger partial charge in [0.1, 0.15) is 0 Å². The molecular formula is C22H23N3O4W. The van der Waals surface area contributed by atoms with Gasteiger partial charge in [0, 0.05) is 6.42 Å². The second-order valence-electron chi connectivity index (χ2n) is 6.96. The van der Waals surface area contributed by atoms with Crippen molar-refractivity contribution < 1.29 is 38.4 Å². The van der Waals surface area contributed by atoms with Crippen molar-refractivity contribution in [2.24, 2.45) is 0 Å². The first-order chi connectivity index (χ1) is 14.7. The van der Waals surface area contributed by atoms with Crippen molar-refractivity contribution in [3.05, 3.63) is 66.4 Å². The van der Waals surface area contributed by atoms with Gasteiger partial charge in [-0.2, -0.15) is 0 Å². The molecule has 2 aliphatic rings. The molecule has 0 spiro atoms. The predicted molar refractivity (Wildman–Crippen MR) is 108 cm³/mol. The first kappa shape index (κ1) is 20.8. The fraction of sp³-hybridized carbons (Fsp3) is 0.318. The number of amides is 1. The van der Waals surface area contributed by atoms with Crippen molar-refractivity contribution >= 4 is 9.81 Å². The maximum absolute atomic E-state index is 12.8. The number of aryl methyl sites for hydroxylation is 1. The number of hydrogen-bond donors (Lipinski definition) is 1. The number of hydrogen-bond acceptors (Lipinski definition) is 5. The number of allylic oxidation sites excluding steroid dienone is 3. The van der Waals surface area contributed by atoms with E-state index in [0.717, 1.165) is 29.1 Å². The van der Waals surface area contributed by atoms with Gasteiger partial charge in [0.25, 0.3) is 0 Å². The van der Waals surface area contributed by atoms with Gasteiger partial charge in [-0.15, -0.1) is 0 Å². The summed E-state index contributed by atoms with van der Waals surface area (Å²) in [5.74, 6) is 1.91. The van der Waals surface area contributed by atoms with Gasteiger partial charge in [-0.05, 0) is 0 Å². The summed E-state index contributed by atoms with van der Waals surface area (Å²) >= 11 is 1.33. The molecule has 0 aliphatic carbocycles. The normalized spacial score (nSPS) is 19.8. The number of carbonyl (C=O) groups excluding carboxylic acids is 1. The van der Waals surface area contributed by atoms with Crippen LogP contribution in [0.15, 0.2) is 55.0 Å². The molecule has 1 atom stereocenters. The van der Waals surface area contributed by atoms with Gasteiger partial charge in [0.15, 0.2) is 0 Å². The van der Waals surface area contributed by atoms with Gasteiger partial charge in [-0.3, -0.25) is 0 Å². The van der Waals surface area contributed by atoms with Crippen LogP contribution >= 0.6 is 0 Å². The van der Waals surface area contributed by atoms with E-state index in [1.807, 2.05) is 30.6 Å². The molecule has 1 fully saturated rings. The Balaban J connectivity index is 1.55.